The lowest BCUT2D eigenvalue weighted by atomic mass is 10.0. The standard InChI is InChI=1S/C20H23NO3/c1-23-19-6-4-3-5-14(19)11-12-21-18-10-8-15-13-16(20(22)24-2)7-9-17(15)18/h3-7,9,13,18,21H,8,10-12H2,1-2H3. The largest absolute Gasteiger partial charge is 0.496 e. The van der Waals surface area contributed by atoms with Gasteiger partial charge in [0.15, 0.2) is 0 Å². The number of hydrogen-bond donors (Lipinski definition) is 1. The van der Waals surface area contributed by atoms with Gasteiger partial charge in [-0.1, -0.05) is 24.3 Å². The van der Waals surface area contributed by atoms with Crippen LogP contribution in [0.3, 0.4) is 0 Å². The van der Waals surface area contributed by atoms with E-state index in [9.17, 15) is 4.79 Å². The summed E-state index contributed by atoms with van der Waals surface area (Å²) in [5, 5.41) is 3.63. The van der Waals surface area contributed by atoms with Gasteiger partial charge in [-0.3, -0.25) is 0 Å². The number of nitrogens with one attached hydrogen (secondary N) is 1. The molecule has 0 fully saturated rings. The second kappa shape index (κ2) is 7.49. The molecule has 2 aromatic rings. The van der Waals surface area contributed by atoms with E-state index in [1.165, 1.54) is 23.8 Å². The van der Waals surface area contributed by atoms with E-state index in [2.05, 4.69) is 17.4 Å². The summed E-state index contributed by atoms with van der Waals surface area (Å²) in [5.74, 6) is 0.666. The number of carbonyl (C=O) groups is 1. The topological polar surface area (TPSA) is 47.6 Å². The Morgan fingerprint density at radius 1 is 1.21 bits per heavy atom. The van der Waals surface area contributed by atoms with Gasteiger partial charge in [-0.25, -0.2) is 4.79 Å². The molecule has 0 spiro atoms. The van der Waals surface area contributed by atoms with Gasteiger partial charge in [-0.15, -0.1) is 0 Å². The van der Waals surface area contributed by atoms with Crippen LogP contribution in [0.2, 0.25) is 0 Å². The van der Waals surface area contributed by atoms with Gasteiger partial charge >= 0.3 is 5.97 Å². The molecule has 0 aliphatic heterocycles. The van der Waals surface area contributed by atoms with Crippen molar-refractivity contribution in [3.63, 3.8) is 0 Å². The van der Waals surface area contributed by atoms with Gasteiger partial charge in [-0.05, 0) is 60.7 Å². The highest BCUT2D eigenvalue weighted by atomic mass is 16.5. The summed E-state index contributed by atoms with van der Waals surface area (Å²) in [5.41, 5.74) is 4.38. The molecular weight excluding hydrogens is 302 g/mol. The molecule has 3 rings (SSSR count). The fourth-order valence-electron chi connectivity index (χ4n) is 3.36. The molecule has 0 amide bonds. The first-order chi connectivity index (χ1) is 11.7. The minimum absolute atomic E-state index is 0.273. The van der Waals surface area contributed by atoms with Crippen molar-refractivity contribution in [1.29, 1.82) is 0 Å². The van der Waals surface area contributed by atoms with Crippen molar-refractivity contribution >= 4 is 5.97 Å². The van der Waals surface area contributed by atoms with E-state index < -0.39 is 0 Å². The van der Waals surface area contributed by atoms with Gasteiger partial charge in [-0.2, -0.15) is 0 Å². The third-order valence-electron chi connectivity index (χ3n) is 4.62. The van der Waals surface area contributed by atoms with Crippen LogP contribution >= 0.6 is 0 Å². The maximum Gasteiger partial charge on any atom is 0.337 e. The first-order valence-corrected chi connectivity index (χ1v) is 8.29. The maximum absolute atomic E-state index is 11.6. The van der Waals surface area contributed by atoms with Crippen molar-refractivity contribution in [2.75, 3.05) is 20.8 Å². The molecule has 4 nitrogen and oxygen atoms in total. The Balaban J connectivity index is 1.62. The van der Waals surface area contributed by atoms with E-state index in [0.717, 1.165) is 31.6 Å². The van der Waals surface area contributed by atoms with Crippen molar-refractivity contribution in [1.82, 2.24) is 5.32 Å². The average Bonchev–Trinajstić information content (AvgIpc) is 3.03. The van der Waals surface area contributed by atoms with E-state index >= 15 is 0 Å². The van der Waals surface area contributed by atoms with Crippen LogP contribution in [0.5, 0.6) is 5.75 Å². The Morgan fingerprint density at radius 2 is 2.04 bits per heavy atom. The lowest BCUT2D eigenvalue weighted by Crippen LogP contribution is -2.22. The highest BCUT2D eigenvalue weighted by Crippen LogP contribution is 2.32. The quantitative estimate of drug-likeness (QED) is 0.828. The molecule has 2 aromatic carbocycles. The number of esters is 1. The lowest BCUT2D eigenvalue weighted by molar-refractivity contribution is 0.0600. The second-order valence-corrected chi connectivity index (χ2v) is 6.01. The Kier molecular flexibility index (Phi) is 5.16. The van der Waals surface area contributed by atoms with E-state index in [4.69, 9.17) is 9.47 Å². The van der Waals surface area contributed by atoms with Crippen LogP contribution in [0.4, 0.5) is 0 Å². The van der Waals surface area contributed by atoms with Gasteiger partial charge in [0, 0.05) is 6.04 Å². The number of ether oxygens (including phenoxy) is 2. The molecule has 0 heterocycles. The van der Waals surface area contributed by atoms with Crippen LogP contribution in [0.15, 0.2) is 42.5 Å². The van der Waals surface area contributed by atoms with E-state index in [1.54, 1.807) is 7.11 Å². The summed E-state index contributed by atoms with van der Waals surface area (Å²) in [6.07, 6.45) is 2.98. The normalized spacial score (nSPS) is 15.8. The highest BCUT2D eigenvalue weighted by Gasteiger charge is 2.23. The zero-order valence-electron chi connectivity index (χ0n) is 14.2. The number of carbonyl (C=O) groups excluding carboxylic acids is 1. The molecule has 0 saturated carbocycles. The van der Waals surface area contributed by atoms with E-state index in [0.29, 0.717) is 11.6 Å². The molecule has 1 aliphatic carbocycles. The predicted octanol–water partition coefficient (Wildman–Crippen LogP) is 3.30. The number of rotatable bonds is 6. The number of fused-ring (bicyclic) bond motifs is 1. The third-order valence-corrected chi connectivity index (χ3v) is 4.62. The SMILES string of the molecule is COC(=O)c1ccc2c(c1)CCC2NCCc1ccccc1OC. The Morgan fingerprint density at radius 3 is 2.83 bits per heavy atom. The van der Waals surface area contributed by atoms with Crippen molar-refractivity contribution in [3.8, 4) is 5.75 Å². The number of methoxy groups -OCH3 is 2. The van der Waals surface area contributed by atoms with Gasteiger partial charge < -0.3 is 14.8 Å². The fraction of sp³-hybridized carbons (Fsp3) is 0.350. The first kappa shape index (κ1) is 16.5. The molecule has 1 atom stereocenters. The summed E-state index contributed by atoms with van der Waals surface area (Å²) in [6, 6.07) is 14.3. The summed E-state index contributed by atoms with van der Waals surface area (Å²) in [4.78, 5) is 11.6. The fourth-order valence-corrected chi connectivity index (χ4v) is 3.36. The molecule has 1 N–H and O–H groups in total. The average molecular weight is 325 g/mol. The van der Waals surface area contributed by atoms with E-state index in [-0.39, 0.29) is 5.97 Å². The lowest BCUT2D eigenvalue weighted by Gasteiger charge is -2.15. The zero-order valence-corrected chi connectivity index (χ0v) is 14.2. The van der Waals surface area contributed by atoms with Crippen LogP contribution < -0.4 is 10.1 Å². The molecule has 4 heteroatoms. The Hall–Kier alpha value is -2.33. The third kappa shape index (κ3) is 3.44. The van der Waals surface area contributed by atoms with Crippen molar-refractivity contribution in [2.45, 2.75) is 25.3 Å². The van der Waals surface area contributed by atoms with Gasteiger partial charge in [0.05, 0.1) is 19.8 Å². The molecule has 1 aliphatic rings. The Labute approximate surface area is 142 Å². The number of aryl methyl sites for hydroxylation is 1. The maximum atomic E-state index is 11.6. The van der Waals surface area contributed by atoms with Crippen molar-refractivity contribution < 1.29 is 14.3 Å². The number of benzene rings is 2. The molecule has 126 valence electrons. The monoisotopic (exact) mass is 325 g/mol. The van der Waals surface area contributed by atoms with Crippen LogP contribution in [0.25, 0.3) is 0 Å². The molecule has 0 bridgehead atoms. The van der Waals surface area contributed by atoms with Gasteiger partial charge in [0.1, 0.15) is 5.75 Å². The van der Waals surface area contributed by atoms with Crippen molar-refractivity contribution in [2.24, 2.45) is 0 Å². The van der Waals surface area contributed by atoms with Gasteiger partial charge in [0.25, 0.3) is 0 Å². The second-order valence-electron chi connectivity index (χ2n) is 6.01. The summed E-state index contributed by atoms with van der Waals surface area (Å²) in [7, 11) is 3.12. The Bertz CT molecular complexity index is 727. The summed E-state index contributed by atoms with van der Waals surface area (Å²) in [6.45, 7) is 0.892. The minimum Gasteiger partial charge on any atom is -0.496 e. The van der Waals surface area contributed by atoms with Crippen LogP contribution in [-0.2, 0) is 17.6 Å². The summed E-state index contributed by atoms with van der Waals surface area (Å²) >= 11 is 0. The molecule has 0 saturated heterocycles. The first-order valence-electron chi connectivity index (χ1n) is 8.29. The molecular formula is C20H23NO3. The van der Waals surface area contributed by atoms with Crippen LogP contribution in [0, 0.1) is 0 Å². The minimum atomic E-state index is -0.273. The predicted molar refractivity (Wildman–Crippen MR) is 93.5 cm³/mol. The smallest absolute Gasteiger partial charge is 0.337 e. The van der Waals surface area contributed by atoms with Gasteiger partial charge in [0.2, 0.25) is 0 Å². The van der Waals surface area contributed by atoms with Crippen LogP contribution in [-0.4, -0.2) is 26.7 Å². The zero-order chi connectivity index (χ0) is 16.9. The molecule has 24 heavy (non-hydrogen) atoms. The van der Waals surface area contributed by atoms with Crippen LogP contribution in [0.1, 0.15) is 39.5 Å². The number of hydrogen-bond acceptors (Lipinski definition) is 4. The molecule has 0 radical (unpaired) electrons. The van der Waals surface area contributed by atoms with Crippen molar-refractivity contribution in [3.05, 3.63) is 64.7 Å². The number of para-hydroxylation sites is 1. The molecule has 0 aromatic heterocycles. The van der Waals surface area contributed by atoms with E-state index in [1.807, 2.05) is 30.3 Å². The molecule has 1 unspecified atom stereocenters. The summed E-state index contributed by atoms with van der Waals surface area (Å²) < 4.78 is 10.2. The highest BCUT2D eigenvalue weighted by molar-refractivity contribution is 5.89.